The number of carbonyl (C=O) groups excluding carboxylic acids is 6. The standard InChI is InChI=1S/C37H26Cl2N2O2.C37H26ClFN2O2.C37H27N3O4/c2*38-27-17-18-33(31(19-27)37(43)30-11-5-6-12-32(30)39)40-34(42)22-41-20-25-15-13-23-7-1-3-9-28(23)35(25)36-26(21-41)16-14-24-8-2-4-10-29(24)36;41-34(38-33-19-18-29(40(43)44)20-32(33)37(42)26-10-2-1-3-11-26)23-39-21-27-16-14-24-8-4-6-12-30(24)35(27)36-28(22-39)17-15-25-9-5-7-13-31(25)36/h2*1-19H,20-22H2,(H,40,42);1-20H,21-23H2,(H,38,41). The van der Waals surface area contributed by atoms with E-state index >= 15 is 0 Å². The number of halogens is 4. The van der Waals surface area contributed by atoms with Crippen LogP contribution in [0.2, 0.25) is 15.1 Å². The predicted molar refractivity (Wildman–Crippen MR) is 519 cm³/mol. The Balaban J connectivity index is 0.000000126. The van der Waals surface area contributed by atoms with Crippen LogP contribution in [0.3, 0.4) is 0 Å². The molecule has 634 valence electrons. The molecule has 0 fully saturated rings. The minimum atomic E-state index is -0.633. The highest BCUT2D eigenvalue weighted by Gasteiger charge is 2.32. The molecule has 0 spiro atoms. The van der Waals surface area contributed by atoms with Gasteiger partial charge in [-0.1, -0.05) is 308 Å². The Morgan fingerprint density at radius 2 is 0.569 bits per heavy atom. The zero-order chi connectivity index (χ0) is 89.2. The molecular weight excluding hydrogens is 1680 g/mol. The monoisotopic (exact) mass is 1760 g/mol. The highest BCUT2D eigenvalue weighted by atomic mass is 35.5. The zero-order valence-corrected chi connectivity index (χ0v) is 72.2. The van der Waals surface area contributed by atoms with E-state index in [1.165, 1.54) is 141 Å². The predicted octanol–water partition coefficient (Wildman–Crippen LogP) is 25.5. The first-order valence-corrected chi connectivity index (χ1v) is 43.7. The van der Waals surface area contributed by atoms with Crippen LogP contribution in [0.25, 0.3) is 98.0 Å². The van der Waals surface area contributed by atoms with Gasteiger partial charge in [-0.3, -0.25) is 53.6 Å². The highest BCUT2D eigenvalue weighted by molar-refractivity contribution is 6.36. The highest BCUT2D eigenvalue weighted by Crippen LogP contribution is 2.47. The lowest BCUT2D eigenvalue weighted by Gasteiger charge is -2.21. The molecule has 0 unspecified atom stereocenters. The number of rotatable bonds is 16. The smallest absolute Gasteiger partial charge is 0.270 e. The quantitative estimate of drug-likeness (QED) is 0.0474. The van der Waals surface area contributed by atoms with Crippen LogP contribution in [-0.4, -0.2) is 74.3 Å². The van der Waals surface area contributed by atoms with E-state index in [9.17, 15) is 43.3 Å². The van der Waals surface area contributed by atoms with Gasteiger partial charge in [-0.25, -0.2) is 4.39 Å². The van der Waals surface area contributed by atoms with E-state index in [0.29, 0.717) is 76.7 Å². The maximum Gasteiger partial charge on any atom is 0.270 e. The summed E-state index contributed by atoms with van der Waals surface area (Å²) in [5, 5.41) is 35.4. The summed E-state index contributed by atoms with van der Waals surface area (Å²) in [4.78, 5) is 98.1. The van der Waals surface area contributed by atoms with Crippen molar-refractivity contribution in [1.82, 2.24) is 14.7 Å². The fraction of sp³-hybridized carbons (Fsp3) is 0.0811. The Labute approximate surface area is 762 Å². The number of anilines is 3. The molecule has 18 aromatic carbocycles. The molecule has 0 aromatic heterocycles. The zero-order valence-electron chi connectivity index (χ0n) is 69.9. The van der Waals surface area contributed by atoms with Crippen molar-refractivity contribution in [3.05, 3.63) is 450 Å². The van der Waals surface area contributed by atoms with Crippen LogP contribution in [0.5, 0.6) is 0 Å². The Kier molecular flexibility index (Phi) is 23.9. The van der Waals surface area contributed by atoms with Crippen LogP contribution in [0.15, 0.2) is 352 Å². The summed E-state index contributed by atoms with van der Waals surface area (Å²) in [7, 11) is 0. The number of fused-ring (bicyclic) bond motifs is 21. The Bertz CT molecular complexity index is 7120. The Morgan fingerprint density at radius 3 is 0.892 bits per heavy atom. The van der Waals surface area contributed by atoms with E-state index < -0.39 is 22.3 Å². The molecule has 15 nitrogen and oxygen atoms in total. The number of nitrogens with zero attached hydrogens (tertiary/aromatic N) is 4. The second-order valence-corrected chi connectivity index (χ2v) is 34.0. The number of non-ortho nitro benzene ring substituents is 1. The molecule has 0 atom stereocenters. The molecule has 0 saturated heterocycles. The Hall–Kier alpha value is -15.0. The van der Waals surface area contributed by atoms with Crippen LogP contribution >= 0.6 is 34.8 Å². The number of nitro benzene ring substituents is 1. The molecule has 0 bridgehead atoms. The molecule has 3 N–H and O–H groups in total. The van der Waals surface area contributed by atoms with Gasteiger partial charge in [0.15, 0.2) is 17.3 Å². The van der Waals surface area contributed by atoms with Crippen molar-refractivity contribution in [2.75, 3.05) is 35.6 Å². The van der Waals surface area contributed by atoms with Gasteiger partial charge in [0.05, 0.1) is 57.8 Å². The van der Waals surface area contributed by atoms with Gasteiger partial charge in [0, 0.05) is 83.7 Å². The minimum absolute atomic E-state index is 0.0640. The van der Waals surface area contributed by atoms with Crippen molar-refractivity contribution < 1.29 is 38.1 Å². The summed E-state index contributed by atoms with van der Waals surface area (Å²) in [5.41, 5.74) is 15.9. The SMILES string of the molecule is O=C(CN1Cc2ccc3ccccc3c2-c2c(ccc3ccccc23)C1)Nc1ccc(Cl)cc1C(=O)c1ccccc1Cl.O=C(CN1Cc2ccc3ccccc3c2-c2c(ccc3ccccc23)C1)Nc1ccc(Cl)cc1C(=O)c1ccccc1F.O=C(CN1Cc2ccc3ccccc3c2-c2c(ccc3ccccc23)C1)Nc1ccc([N+](=O)[O-])cc1C(=O)c1ccccc1. The van der Waals surface area contributed by atoms with E-state index in [1.54, 1.807) is 91.0 Å². The molecule has 3 aliphatic rings. The first kappa shape index (κ1) is 84.5. The summed E-state index contributed by atoms with van der Waals surface area (Å²) in [6, 6.07) is 111. The maximum absolute atomic E-state index is 14.5. The lowest BCUT2D eigenvalue weighted by molar-refractivity contribution is -0.384. The number of carbonyl (C=O) groups is 6. The van der Waals surface area contributed by atoms with Crippen molar-refractivity contribution >= 4 is 157 Å². The van der Waals surface area contributed by atoms with Crippen molar-refractivity contribution in [3.8, 4) is 33.4 Å². The van der Waals surface area contributed by atoms with Gasteiger partial charge in [-0.15, -0.1) is 0 Å². The number of benzene rings is 18. The van der Waals surface area contributed by atoms with Crippen molar-refractivity contribution in [2.45, 2.75) is 39.3 Å². The van der Waals surface area contributed by atoms with Crippen LogP contribution in [0.4, 0.5) is 27.1 Å². The summed E-state index contributed by atoms with van der Waals surface area (Å²) < 4.78 is 14.5. The summed E-state index contributed by atoms with van der Waals surface area (Å²) in [5.74, 6) is -2.70. The summed E-state index contributed by atoms with van der Waals surface area (Å²) in [6.45, 7) is 3.73. The summed E-state index contributed by atoms with van der Waals surface area (Å²) in [6.07, 6.45) is 0. The van der Waals surface area contributed by atoms with E-state index in [0.717, 1.165) is 33.0 Å². The summed E-state index contributed by atoms with van der Waals surface area (Å²) >= 11 is 18.8. The van der Waals surface area contributed by atoms with Gasteiger partial charge < -0.3 is 16.0 Å². The normalized spacial score (nSPS) is 12.8. The van der Waals surface area contributed by atoms with Crippen molar-refractivity contribution in [2.24, 2.45) is 0 Å². The van der Waals surface area contributed by atoms with E-state index in [4.69, 9.17) is 34.8 Å². The van der Waals surface area contributed by atoms with Gasteiger partial charge >= 0.3 is 0 Å². The van der Waals surface area contributed by atoms with Crippen LogP contribution < -0.4 is 16.0 Å². The molecule has 21 rings (SSSR count). The third kappa shape index (κ3) is 17.3. The molecule has 0 aliphatic carbocycles. The van der Waals surface area contributed by atoms with E-state index in [2.05, 4.69) is 225 Å². The molecule has 3 amide bonds. The average Bonchev–Trinajstić information content (AvgIpc) is 1.49. The van der Waals surface area contributed by atoms with Gasteiger partial charge in [0.25, 0.3) is 5.69 Å². The molecule has 18 aromatic rings. The third-order valence-electron chi connectivity index (χ3n) is 24.3. The topological polar surface area (TPSA) is 191 Å². The number of amides is 3. The fourth-order valence-corrected chi connectivity index (χ4v) is 19.1. The molecule has 0 radical (unpaired) electrons. The number of nitrogens with one attached hydrogen (secondary N) is 3. The number of ketones is 3. The first-order chi connectivity index (χ1) is 63.4. The number of nitro groups is 1. The minimum Gasteiger partial charge on any atom is -0.324 e. The van der Waals surface area contributed by atoms with Crippen LogP contribution in [-0.2, 0) is 53.7 Å². The van der Waals surface area contributed by atoms with Gasteiger partial charge in [0.1, 0.15) is 5.82 Å². The second-order valence-electron chi connectivity index (χ2n) is 32.7. The van der Waals surface area contributed by atoms with Crippen LogP contribution in [0, 0.1) is 15.9 Å². The molecular formula is C111H79Cl3FN7O8. The average molecular weight is 1760 g/mol. The number of hydrogen-bond donors (Lipinski definition) is 3. The maximum atomic E-state index is 14.5. The Morgan fingerprint density at radius 1 is 0.292 bits per heavy atom. The molecule has 3 aliphatic heterocycles. The van der Waals surface area contributed by atoms with E-state index in [-0.39, 0.29) is 76.9 Å². The van der Waals surface area contributed by atoms with Gasteiger partial charge in [-0.2, -0.15) is 0 Å². The second kappa shape index (κ2) is 36.8. The van der Waals surface area contributed by atoms with Crippen molar-refractivity contribution in [3.63, 3.8) is 0 Å². The number of hydrogen-bond acceptors (Lipinski definition) is 11. The third-order valence-corrected chi connectivity index (χ3v) is 25.1. The van der Waals surface area contributed by atoms with Gasteiger partial charge in [-0.05, 0) is 198 Å². The molecule has 0 saturated carbocycles. The lowest BCUT2D eigenvalue weighted by atomic mass is 9.88. The molecule has 3 heterocycles. The molecule has 130 heavy (non-hydrogen) atoms. The largest absolute Gasteiger partial charge is 0.324 e. The first-order valence-electron chi connectivity index (χ1n) is 42.6. The lowest BCUT2D eigenvalue weighted by Crippen LogP contribution is -2.32. The fourth-order valence-electron chi connectivity index (χ4n) is 18.5. The van der Waals surface area contributed by atoms with E-state index in [1.807, 2.05) is 24.3 Å². The van der Waals surface area contributed by atoms with Gasteiger partial charge in [0.2, 0.25) is 17.7 Å². The van der Waals surface area contributed by atoms with Crippen molar-refractivity contribution in [1.29, 1.82) is 0 Å². The van der Waals surface area contributed by atoms with Crippen LogP contribution in [0.1, 0.15) is 81.1 Å². The molecule has 19 heteroatoms.